The summed E-state index contributed by atoms with van der Waals surface area (Å²) in [6.07, 6.45) is 2.10. The number of benzene rings is 1. The molecule has 1 heterocycles. The van der Waals surface area contributed by atoms with Crippen molar-refractivity contribution in [3.8, 4) is 0 Å². The first-order valence-electron chi connectivity index (χ1n) is 5.14. The molecule has 1 saturated heterocycles. The first-order chi connectivity index (χ1) is 7.24. The van der Waals surface area contributed by atoms with Crippen LogP contribution in [0.2, 0.25) is 0 Å². The number of hydrogen-bond acceptors (Lipinski definition) is 2. The van der Waals surface area contributed by atoms with Gasteiger partial charge in [-0.2, -0.15) is 0 Å². The largest absolute Gasteiger partial charge is 0.478 e. The average Bonchev–Trinajstić information content (AvgIpc) is 3.06. The molecule has 1 N–H and O–H groups in total. The van der Waals surface area contributed by atoms with Crippen LogP contribution in [0.5, 0.6) is 0 Å². The smallest absolute Gasteiger partial charge is 0.335 e. The van der Waals surface area contributed by atoms with Crippen LogP contribution in [0, 0.1) is 0 Å². The van der Waals surface area contributed by atoms with Crippen molar-refractivity contribution in [1.29, 1.82) is 0 Å². The zero-order valence-corrected chi connectivity index (χ0v) is 8.90. The molecule has 0 aliphatic carbocycles. The van der Waals surface area contributed by atoms with Crippen LogP contribution in [0.4, 0.5) is 0 Å². The molecule has 0 aromatic heterocycles. The minimum atomic E-state index is -0.863. The highest BCUT2D eigenvalue weighted by molar-refractivity contribution is 5.87. The van der Waals surface area contributed by atoms with Crippen molar-refractivity contribution in [2.45, 2.75) is 19.8 Å². The van der Waals surface area contributed by atoms with Crippen molar-refractivity contribution >= 4 is 5.97 Å². The Kier molecular flexibility index (Phi) is 4.84. The van der Waals surface area contributed by atoms with Gasteiger partial charge in [-0.15, -0.1) is 0 Å². The van der Waals surface area contributed by atoms with E-state index in [4.69, 9.17) is 5.11 Å². The number of rotatable bonds is 3. The SMILES string of the molecule is C1CO1.CCCc1ccc(C(=O)O)cc1. The van der Waals surface area contributed by atoms with E-state index < -0.39 is 5.97 Å². The summed E-state index contributed by atoms with van der Waals surface area (Å²) >= 11 is 0. The van der Waals surface area contributed by atoms with E-state index in [1.807, 2.05) is 12.1 Å². The number of carboxylic acids is 1. The Morgan fingerprint density at radius 1 is 1.33 bits per heavy atom. The number of epoxide rings is 1. The predicted octanol–water partition coefficient (Wildman–Crippen LogP) is 2.35. The zero-order valence-electron chi connectivity index (χ0n) is 8.90. The van der Waals surface area contributed by atoms with E-state index in [0.29, 0.717) is 5.56 Å². The molecule has 0 bridgehead atoms. The van der Waals surface area contributed by atoms with Gasteiger partial charge in [0.25, 0.3) is 0 Å². The fraction of sp³-hybridized carbons (Fsp3) is 0.417. The lowest BCUT2D eigenvalue weighted by molar-refractivity contribution is 0.0697. The Morgan fingerprint density at radius 2 is 1.87 bits per heavy atom. The number of ether oxygens (including phenoxy) is 1. The second-order valence-electron chi connectivity index (χ2n) is 3.36. The van der Waals surface area contributed by atoms with E-state index in [9.17, 15) is 4.79 Å². The molecule has 1 aliphatic heterocycles. The van der Waals surface area contributed by atoms with Crippen molar-refractivity contribution in [2.75, 3.05) is 13.2 Å². The molecule has 0 unspecified atom stereocenters. The van der Waals surface area contributed by atoms with Gasteiger partial charge in [0.15, 0.2) is 0 Å². The van der Waals surface area contributed by atoms with Gasteiger partial charge in [0.2, 0.25) is 0 Å². The Balaban J connectivity index is 0.000000319. The maximum absolute atomic E-state index is 10.5. The molecular formula is C12H16O3. The number of carboxylic acid groups (broad SMARTS) is 1. The highest BCUT2D eigenvalue weighted by atomic mass is 16.6. The van der Waals surface area contributed by atoms with E-state index in [0.717, 1.165) is 26.1 Å². The van der Waals surface area contributed by atoms with Gasteiger partial charge in [-0.3, -0.25) is 0 Å². The quantitative estimate of drug-likeness (QED) is 0.776. The summed E-state index contributed by atoms with van der Waals surface area (Å²) < 4.78 is 4.50. The standard InChI is InChI=1S/C10H12O2.C2H4O/c1-2-3-8-4-6-9(7-5-8)10(11)12;1-2-3-1/h4-7H,2-3H2,1H3,(H,11,12);1-2H2. The molecule has 0 amide bonds. The third kappa shape index (κ3) is 5.18. The van der Waals surface area contributed by atoms with E-state index in [1.54, 1.807) is 12.1 Å². The van der Waals surface area contributed by atoms with E-state index in [-0.39, 0.29) is 0 Å². The summed E-state index contributed by atoms with van der Waals surface area (Å²) in [6, 6.07) is 7.03. The first-order valence-corrected chi connectivity index (χ1v) is 5.14. The minimum absolute atomic E-state index is 0.356. The van der Waals surface area contributed by atoms with Crippen molar-refractivity contribution in [3.05, 3.63) is 35.4 Å². The highest BCUT2D eigenvalue weighted by Gasteiger charge is 2.00. The molecule has 0 saturated carbocycles. The van der Waals surface area contributed by atoms with Crippen LogP contribution in [-0.4, -0.2) is 24.3 Å². The van der Waals surface area contributed by atoms with Gasteiger partial charge >= 0.3 is 5.97 Å². The monoisotopic (exact) mass is 208 g/mol. The first kappa shape index (κ1) is 11.7. The minimum Gasteiger partial charge on any atom is -0.478 e. The maximum atomic E-state index is 10.5. The van der Waals surface area contributed by atoms with Crippen molar-refractivity contribution in [1.82, 2.24) is 0 Å². The van der Waals surface area contributed by atoms with Gasteiger partial charge in [0, 0.05) is 0 Å². The van der Waals surface area contributed by atoms with Gasteiger partial charge in [0.05, 0.1) is 18.8 Å². The van der Waals surface area contributed by atoms with Crippen molar-refractivity contribution < 1.29 is 14.6 Å². The molecule has 1 aliphatic rings. The summed E-state index contributed by atoms with van der Waals surface area (Å²) in [7, 11) is 0. The molecule has 1 fully saturated rings. The van der Waals surface area contributed by atoms with Crippen LogP contribution in [0.25, 0.3) is 0 Å². The van der Waals surface area contributed by atoms with Crippen LogP contribution >= 0.6 is 0 Å². The van der Waals surface area contributed by atoms with Crippen molar-refractivity contribution in [2.24, 2.45) is 0 Å². The van der Waals surface area contributed by atoms with E-state index in [1.165, 1.54) is 5.56 Å². The third-order valence-corrected chi connectivity index (χ3v) is 1.94. The predicted molar refractivity (Wildman–Crippen MR) is 58.2 cm³/mol. The summed E-state index contributed by atoms with van der Waals surface area (Å²) in [5.74, 6) is -0.863. The van der Waals surface area contributed by atoms with Crippen LogP contribution < -0.4 is 0 Å². The van der Waals surface area contributed by atoms with Gasteiger partial charge in [-0.05, 0) is 24.1 Å². The average molecular weight is 208 g/mol. The van der Waals surface area contributed by atoms with Crippen LogP contribution in [0.3, 0.4) is 0 Å². The molecule has 3 heteroatoms. The topological polar surface area (TPSA) is 49.8 Å². The van der Waals surface area contributed by atoms with Gasteiger partial charge in [-0.25, -0.2) is 4.79 Å². The summed E-state index contributed by atoms with van der Waals surface area (Å²) in [5, 5.41) is 8.61. The second kappa shape index (κ2) is 6.19. The van der Waals surface area contributed by atoms with Crippen LogP contribution in [0.1, 0.15) is 29.3 Å². The fourth-order valence-electron chi connectivity index (χ4n) is 1.10. The number of aryl methyl sites for hydroxylation is 1. The van der Waals surface area contributed by atoms with Crippen LogP contribution in [0.15, 0.2) is 24.3 Å². The fourth-order valence-corrected chi connectivity index (χ4v) is 1.10. The lowest BCUT2D eigenvalue weighted by atomic mass is 10.1. The molecule has 0 atom stereocenters. The third-order valence-electron chi connectivity index (χ3n) is 1.94. The molecule has 2 rings (SSSR count). The molecule has 0 radical (unpaired) electrons. The van der Waals surface area contributed by atoms with E-state index in [2.05, 4.69) is 11.7 Å². The second-order valence-corrected chi connectivity index (χ2v) is 3.36. The highest BCUT2D eigenvalue weighted by Crippen LogP contribution is 2.06. The lowest BCUT2D eigenvalue weighted by Gasteiger charge is -1.98. The summed E-state index contributed by atoms with van der Waals surface area (Å²) in [6.45, 7) is 4.10. The Labute approximate surface area is 89.7 Å². The molecule has 82 valence electrons. The van der Waals surface area contributed by atoms with Crippen LogP contribution in [-0.2, 0) is 11.2 Å². The Morgan fingerprint density at radius 3 is 2.20 bits per heavy atom. The molecular weight excluding hydrogens is 192 g/mol. The number of carbonyl (C=O) groups is 1. The summed E-state index contributed by atoms with van der Waals surface area (Å²) in [5.41, 5.74) is 1.55. The Hall–Kier alpha value is -1.35. The molecule has 1 aromatic rings. The van der Waals surface area contributed by atoms with Gasteiger partial charge in [-0.1, -0.05) is 25.5 Å². The number of hydrogen-bond donors (Lipinski definition) is 1. The lowest BCUT2D eigenvalue weighted by Crippen LogP contribution is -1.95. The molecule has 0 spiro atoms. The molecule has 3 nitrogen and oxygen atoms in total. The Bertz CT molecular complexity index is 298. The van der Waals surface area contributed by atoms with Crippen molar-refractivity contribution in [3.63, 3.8) is 0 Å². The molecule has 1 aromatic carbocycles. The number of aromatic carboxylic acids is 1. The van der Waals surface area contributed by atoms with E-state index >= 15 is 0 Å². The molecule has 15 heavy (non-hydrogen) atoms. The summed E-state index contributed by atoms with van der Waals surface area (Å²) in [4.78, 5) is 10.5. The normalized spacial score (nSPS) is 12.6. The maximum Gasteiger partial charge on any atom is 0.335 e. The zero-order chi connectivity index (χ0) is 11.1. The van der Waals surface area contributed by atoms with Gasteiger partial charge in [0.1, 0.15) is 0 Å². The van der Waals surface area contributed by atoms with Gasteiger partial charge < -0.3 is 9.84 Å².